The Labute approximate surface area is 201 Å². The third-order valence-corrected chi connectivity index (χ3v) is 5.94. The van der Waals surface area contributed by atoms with Gasteiger partial charge in [-0.3, -0.25) is 0 Å². The highest BCUT2D eigenvalue weighted by Crippen LogP contribution is 2.28. The van der Waals surface area contributed by atoms with Crippen molar-refractivity contribution in [1.82, 2.24) is 0 Å². The summed E-state index contributed by atoms with van der Waals surface area (Å²) in [6, 6.07) is 4.28. The molecular formula is C30H56O2. The van der Waals surface area contributed by atoms with E-state index in [1.165, 1.54) is 101 Å². The highest BCUT2D eigenvalue weighted by molar-refractivity contribution is 5.45. The van der Waals surface area contributed by atoms with Crippen molar-refractivity contribution >= 4 is 0 Å². The van der Waals surface area contributed by atoms with Crippen LogP contribution < -0.4 is 9.47 Å². The first-order chi connectivity index (χ1) is 15.6. The molecule has 0 heterocycles. The largest absolute Gasteiger partial charge is 0.493 e. The fourth-order valence-electron chi connectivity index (χ4n) is 3.70. The first-order valence-corrected chi connectivity index (χ1v) is 14.0. The summed E-state index contributed by atoms with van der Waals surface area (Å²) >= 11 is 0. The molecule has 0 saturated heterocycles. The first kappa shape index (κ1) is 30.8. The van der Waals surface area contributed by atoms with Gasteiger partial charge in [0.25, 0.3) is 0 Å². The van der Waals surface area contributed by atoms with Gasteiger partial charge < -0.3 is 9.47 Å². The Kier molecular flexibility index (Phi) is 22.1. The molecule has 0 saturated carbocycles. The topological polar surface area (TPSA) is 18.5 Å². The summed E-state index contributed by atoms with van der Waals surface area (Å²) in [6.45, 7) is 14.9. The summed E-state index contributed by atoms with van der Waals surface area (Å²) in [5.74, 6) is 2.03. The van der Waals surface area contributed by atoms with E-state index in [9.17, 15) is 0 Å². The Morgan fingerprint density at radius 1 is 0.438 bits per heavy atom. The van der Waals surface area contributed by atoms with Crippen LogP contribution in [0.2, 0.25) is 0 Å². The average molecular weight is 449 g/mol. The van der Waals surface area contributed by atoms with E-state index in [0.29, 0.717) is 0 Å². The standard InChI is InChI=1S/C24H42O2.C6H14/c1-5-7-9-11-13-15-17-25-23-19-22(4)24(20-21(23)3)26-18-16-14-12-10-8-6-2;1-3-5-6-4-2/h19-20H,5-18H2,1-4H3;3-6H2,1-2H3. The lowest BCUT2D eigenvalue weighted by Crippen LogP contribution is -2.02. The molecule has 1 aromatic rings. The van der Waals surface area contributed by atoms with Gasteiger partial charge >= 0.3 is 0 Å². The zero-order valence-electron chi connectivity index (χ0n) is 22.7. The Hall–Kier alpha value is -1.18. The smallest absolute Gasteiger partial charge is 0.122 e. The molecule has 0 aliphatic heterocycles. The van der Waals surface area contributed by atoms with Crippen molar-refractivity contribution in [2.75, 3.05) is 13.2 Å². The number of hydrogen-bond acceptors (Lipinski definition) is 2. The minimum Gasteiger partial charge on any atom is -0.493 e. The molecule has 0 aliphatic carbocycles. The van der Waals surface area contributed by atoms with Gasteiger partial charge in [-0.25, -0.2) is 0 Å². The maximum atomic E-state index is 6.00. The number of ether oxygens (including phenoxy) is 2. The first-order valence-electron chi connectivity index (χ1n) is 14.0. The Bertz CT molecular complexity index is 476. The van der Waals surface area contributed by atoms with Gasteiger partial charge in [0.1, 0.15) is 11.5 Å². The van der Waals surface area contributed by atoms with Gasteiger partial charge in [0.2, 0.25) is 0 Å². The van der Waals surface area contributed by atoms with Crippen LogP contribution >= 0.6 is 0 Å². The van der Waals surface area contributed by atoms with Crippen LogP contribution in [-0.2, 0) is 0 Å². The molecule has 32 heavy (non-hydrogen) atoms. The predicted octanol–water partition coefficient (Wildman–Crippen LogP) is 10.4. The predicted molar refractivity (Wildman–Crippen MR) is 143 cm³/mol. The van der Waals surface area contributed by atoms with Gasteiger partial charge in [0.05, 0.1) is 13.2 Å². The third-order valence-electron chi connectivity index (χ3n) is 5.94. The van der Waals surface area contributed by atoms with Crippen LogP contribution in [-0.4, -0.2) is 13.2 Å². The van der Waals surface area contributed by atoms with E-state index < -0.39 is 0 Å². The summed E-state index contributed by atoms with van der Waals surface area (Å²) in [6.07, 6.45) is 21.1. The zero-order valence-corrected chi connectivity index (χ0v) is 22.7. The minimum absolute atomic E-state index is 0.824. The Morgan fingerprint density at radius 3 is 1.06 bits per heavy atom. The van der Waals surface area contributed by atoms with Gasteiger partial charge in [-0.15, -0.1) is 0 Å². The molecule has 0 fully saturated rings. The van der Waals surface area contributed by atoms with E-state index in [0.717, 1.165) is 37.6 Å². The molecule has 1 rings (SSSR count). The van der Waals surface area contributed by atoms with Crippen LogP contribution in [0, 0.1) is 13.8 Å². The van der Waals surface area contributed by atoms with Gasteiger partial charge in [-0.2, -0.15) is 0 Å². The van der Waals surface area contributed by atoms with Crippen molar-refractivity contribution in [3.8, 4) is 11.5 Å². The summed E-state index contributed by atoms with van der Waals surface area (Å²) in [5, 5.41) is 0. The molecule has 0 N–H and O–H groups in total. The molecule has 0 spiro atoms. The maximum Gasteiger partial charge on any atom is 0.122 e. The molecule has 1 aromatic carbocycles. The molecular weight excluding hydrogens is 392 g/mol. The summed E-state index contributed by atoms with van der Waals surface area (Å²) in [7, 11) is 0. The van der Waals surface area contributed by atoms with E-state index in [4.69, 9.17) is 9.47 Å². The second-order valence-corrected chi connectivity index (χ2v) is 9.32. The highest BCUT2D eigenvalue weighted by Gasteiger charge is 2.07. The molecule has 0 radical (unpaired) electrons. The van der Waals surface area contributed by atoms with Gasteiger partial charge in [0, 0.05) is 0 Å². The van der Waals surface area contributed by atoms with Crippen molar-refractivity contribution in [3.05, 3.63) is 23.3 Å². The van der Waals surface area contributed by atoms with E-state index in [1.54, 1.807) is 0 Å². The van der Waals surface area contributed by atoms with E-state index in [2.05, 4.69) is 53.7 Å². The van der Waals surface area contributed by atoms with Crippen molar-refractivity contribution in [2.45, 2.75) is 144 Å². The van der Waals surface area contributed by atoms with E-state index >= 15 is 0 Å². The molecule has 0 aliphatic rings. The minimum atomic E-state index is 0.824. The zero-order chi connectivity index (χ0) is 23.9. The van der Waals surface area contributed by atoms with Crippen molar-refractivity contribution in [2.24, 2.45) is 0 Å². The van der Waals surface area contributed by atoms with Gasteiger partial charge in [-0.05, 0) is 49.9 Å². The molecule has 0 amide bonds. The summed E-state index contributed by atoms with van der Waals surface area (Å²) in [4.78, 5) is 0. The SMILES string of the molecule is CCCCCC.CCCCCCCCOc1cc(C)c(OCCCCCCCC)cc1C. The molecule has 0 unspecified atom stereocenters. The molecule has 0 bridgehead atoms. The third kappa shape index (κ3) is 17.4. The lowest BCUT2D eigenvalue weighted by atomic mass is 10.1. The lowest BCUT2D eigenvalue weighted by Gasteiger charge is -2.14. The van der Waals surface area contributed by atoms with E-state index in [-0.39, 0.29) is 0 Å². The number of aryl methyl sites for hydroxylation is 2. The number of hydrogen-bond donors (Lipinski definition) is 0. The molecule has 0 atom stereocenters. The van der Waals surface area contributed by atoms with Crippen molar-refractivity contribution in [3.63, 3.8) is 0 Å². The lowest BCUT2D eigenvalue weighted by molar-refractivity contribution is 0.293. The van der Waals surface area contributed by atoms with Gasteiger partial charge in [-0.1, -0.05) is 118 Å². The maximum absolute atomic E-state index is 6.00. The second kappa shape index (κ2) is 23.0. The van der Waals surface area contributed by atoms with Gasteiger partial charge in [0.15, 0.2) is 0 Å². The van der Waals surface area contributed by atoms with E-state index in [1.807, 2.05) is 0 Å². The highest BCUT2D eigenvalue weighted by atomic mass is 16.5. The number of unbranched alkanes of at least 4 members (excludes halogenated alkanes) is 13. The Morgan fingerprint density at radius 2 is 0.719 bits per heavy atom. The summed E-state index contributed by atoms with van der Waals surface area (Å²) < 4.78 is 12.0. The van der Waals surface area contributed by atoms with Crippen LogP contribution in [0.15, 0.2) is 12.1 Å². The molecule has 0 aromatic heterocycles. The quantitative estimate of drug-likeness (QED) is 0.196. The molecule has 2 nitrogen and oxygen atoms in total. The monoisotopic (exact) mass is 448 g/mol. The number of benzene rings is 1. The van der Waals surface area contributed by atoms with Crippen LogP contribution in [0.5, 0.6) is 11.5 Å². The van der Waals surface area contributed by atoms with Crippen LogP contribution in [0.3, 0.4) is 0 Å². The fourth-order valence-corrected chi connectivity index (χ4v) is 3.70. The van der Waals surface area contributed by atoms with Crippen LogP contribution in [0.4, 0.5) is 0 Å². The van der Waals surface area contributed by atoms with Crippen molar-refractivity contribution in [1.29, 1.82) is 0 Å². The van der Waals surface area contributed by atoms with Crippen LogP contribution in [0.1, 0.15) is 142 Å². The van der Waals surface area contributed by atoms with Crippen molar-refractivity contribution < 1.29 is 9.47 Å². The summed E-state index contributed by atoms with van der Waals surface area (Å²) in [5.41, 5.74) is 2.36. The average Bonchev–Trinajstić information content (AvgIpc) is 2.79. The fraction of sp³-hybridized carbons (Fsp3) is 0.800. The number of rotatable bonds is 19. The molecule has 188 valence electrons. The second-order valence-electron chi connectivity index (χ2n) is 9.32. The Balaban J connectivity index is 0.00000140. The normalized spacial score (nSPS) is 10.6. The molecule has 2 heteroatoms. The van der Waals surface area contributed by atoms with Crippen LogP contribution in [0.25, 0.3) is 0 Å².